The summed E-state index contributed by atoms with van der Waals surface area (Å²) in [6.07, 6.45) is 2.00. The Hall–Kier alpha value is -1.56. The van der Waals surface area contributed by atoms with Crippen LogP contribution in [0.5, 0.6) is 5.75 Å². The van der Waals surface area contributed by atoms with Crippen LogP contribution in [0.1, 0.15) is 13.3 Å². The number of aromatic nitrogens is 2. The van der Waals surface area contributed by atoms with Gasteiger partial charge in [0.15, 0.2) is 11.6 Å². The summed E-state index contributed by atoms with van der Waals surface area (Å²) in [5.74, 6) is 1.78. The number of rotatable bonds is 2. The minimum Gasteiger partial charge on any atom is -0.490 e. The van der Waals surface area contributed by atoms with Crippen LogP contribution < -0.4 is 15.4 Å². The lowest BCUT2D eigenvalue weighted by molar-refractivity contribution is 0.102. The zero-order valence-corrected chi connectivity index (χ0v) is 10.1. The van der Waals surface area contributed by atoms with Gasteiger partial charge in [0.25, 0.3) is 0 Å². The van der Waals surface area contributed by atoms with E-state index in [9.17, 15) is 5.11 Å². The molecule has 0 aromatic carbocycles. The maximum atomic E-state index is 9.89. The van der Waals surface area contributed by atoms with Gasteiger partial charge in [-0.05, 0) is 12.3 Å². The molecule has 2 atom stereocenters. The third kappa shape index (κ3) is 2.26. The van der Waals surface area contributed by atoms with Gasteiger partial charge in [-0.25, -0.2) is 9.97 Å². The van der Waals surface area contributed by atoms with Gasteiger partial charge in [0.1, 0.15) is 6.33 Å². The number of nitrogens with two attached hydrogens (primary N) is 1. The van der Waals surface area contributed by atoms with E-state index in [2.05, 4.69) is 9.97 Å². The fraction of sp³-hybridized carbons (Fsp3) is 0.636. The molecule has 1 aromatic heterocycles. The molecule has 6 heteroatoms. The van der Waals surface area contributed by atoms with E-state index < -0.39 is 0 Å². The normalized spacial score (nSPS) is 24.8. The molecule has 17 heavy (non-hydrogen) atoms. The highest BCUT2D eigenvalue weighted by molar-refractivity contribution is 5.62. The quantitative estimate of drug-likeness (QED) is 0.769. The maximum Gasteiger partial charge on any atom is 0.204 e. The summed E-state index contributed by atoms with van der Waals surface area (Å²) in [6, 6.07) is 0. The molecule has 2 heterocycles. The first kappa shape index (κ1) is 11.9. The molecular formula is C11H18N4O2. The Labute approximate surface area is 100 Å². The van der Waals surface area contributed by atoms with E-state index in [1.807, 2.05) is 11.8 Å². The number of hydrogen-bond acceptors (Lipinski definition) is 6. The van der Waals surface area contributed by atoms with E-state index >= 15 is 0 Å². The number of ether oxygens (including phenoxy) is 1. The van der Waals surface area contributed by atoms with Crippen LogP contribution in [-0.4, -0.2) is 41.4 Å². The van der Waals surface area contributed by atoms with Crippen molar-refractivity contribution in [2.45, 2.75) is 19.4 Å². The van der Waals surface area contributed by atoms with Crippen molar-refractivity contribution in [2.75, 3.05) is 30.8 Å². The second-order valence-corrected chi connectivity index (χ2v) is 4.40. The molecule has 1 aliphatic rings. The van der Waals surface area contributed by atoms with Gasteiger partial charge in [-0.2, -0.15) is 0 Å². The molecule has 1 aromatic rings. The first-order chi connectivity index (χ1) is 8.13. The molecule has 0 spiro atoms. The number of anilines is 2. The van der Waals surface area contributed by atoms with Crippen molar-refractivity contribution < 1.29 is 9.84 Å². The molecule has 2 rings (SSSR count). The van der Waals surface area contributed by atoms with E-state index in [1.54, 1.807) is 7.11 Å². The van der Waals surface area contributed by atoms with Gasteiger partial charge < -0.3 is 20.5 Å². The number of methoxy groups -OCH3 is 1. The van der Waals surface area contributed by atoms with Crippen molar-refractivity contribution in [1.29, 1.82) is 0 Å². The van der Waals surface area contributed by atoms with E-state index in [-0.39, 0.29) is 6.10 Å². The predicted molar refractivity (Wildman–Crippen MR) is 65.0 cm³/mol. The van der Waals surface area contributed by atoms with Crippen molar-refractivity contribution >= 4 is 11.6 Å². The maximum absolute atomic E-state index is 9.89. The lowest BCUT2D eigenvalue weighted by Gasteiger charge is -2.35. The largest absolute Gasteiger partial charge is 0.490 e. The number of hydrogen-bond donors (Lipinski definition) is 2. The second-order valence-electron chi connectivity index (χ2n) is 4.40. The number of nitrogens with zero attached hydrogens (tertiary/aromatic N) is 3. The van der Waals surface area contributed by atoms with Crippen LogP contribution >= 0.6 is 0 Å². The Balaban J connectivity index is 2.25. The minimum atomic E-state index is -0.343. The highest BCUT2D eigenvalue weighted by atomic mass is 16.5. The monoisotopic (exact) mass is 238 g/mol. The van der Waals surface area contributed by atoms with Crippen LogP contribution in [0.3, 0.4) is 0 Å². The highest BCUT2D eigenvalue weighted by Gasteiger charge is 2.27. The molecule has 0 aliphatic carbocycles. The van der Waals surface area contributed by atoms with E-state index in [0.717, 1.165) is 13.0 Å². The van der Waals surface area contributed by atoms with Gasteiger partial charge in [0.05, 0.1) is 13.2 Å². The lowest BCUT2D eigenvalue weighted by Crippen LogP contribution is -2.43. The van der Waals surface area contributed by atoms with E-state index in [1.165, 1.54) is 6.33 Å². The first-order valence-electron chi connectivity index (χ1n) is 5.71. The summed E-state index contributed by atoms with van der Waals surface area (Å²) in [5.41, 5.74) is 5.74. The number of β-amino-alcohol motifs (C(OH)–C–C–N with tert-alkyl or cyclic N) is 1. The average molecular weight is 238 g/mol. The van der Waals surface area contributed by atoms with Crippen LogP contribution in [0.4, 0.5) is 11.6 Å². The summed E-state index contributed by atoms with van der Waals surface area (Å²) >= 11 is 0. The van der Waals surface area contributed by atoms with Gasteiger partial charge in [-0.1, -0.05) is 6.92 Å². The Bertz CT molecular complexity index is 399. The van der Waals surface area contributed by atoms with Crippen molar-refractivity contribution in [3.8, 4) is 5.75 Å². The van der Waals surface area contributed by atoms with E-state index in [0.29, 0.717) is 29.8 Å². The Morgan fingerprint density at radius 1 is 1.53 bits per heavy atom. The Kier molecular flexibility index (Phi) is 3.33. The highest BCUT2D eigenvalue weighted by Crippen LogP contribution is 2.32. The number of piperidine rings is 1. The molecule has 2 unspecified atom stereocenters. The zero-order chi connectivity index (χ0) is 12.4. The Morgan fingerprint density at radius 3 is 2.94 bits per heavy atom. The average Bonchev–Trinajstić information content (AvgIpc) is 2.32. The fourth-order valence-corrected chi connectivity index (χ4v) is 2.04. The lowest BCUT2D eigenvalue weighted by atomic mass is 9.96. The third-order valence-corrected chi connectivity index (χ3v) is 3.23. The zero-order valence-electron chi connectivity index (χ0n) is 10.1. The summed E-state index contributed by atoms with van der Waals surface area (Å²) in [7, 11) is 1.54. The van der Waals surface area contributed by atoms with Crippen molar-refractivity contribution in [2.24, 2.45) is 5.92 Å². The molecule has 0 saturated carbocycles. The van der Waals surface area contributed by atoms with Crippen molar-refractivity contribution in [1.82, 2.24) is 9.97 Å². The topological polar surface area (TPSA) is 84.5 Å². The SMILES string of the molecule is COc1c(N)ncnc1N1CCC(C)C(O)C1. The minimum absolute atomic E-state index is 0.316. The number of nitrogen functional groups attached to an aromatic ring is 1. The number of aliphatic hydroxyl groups excluding tert-OH is 1. The molecule has 0 amide bonds. The summed E-state index contributed by atoms with van der Waals surface area (Å²) in [6.45, 7) is 3.44. The first-order valence-corrected chi connectivity index (χ1v) is 5.71. The van der Waals surface area contributed by atoms with Gasteiger partial charge in [0.2, 0.25) is 5.75 Å². The summed E-state index contributed by atoms with van der Waals surface area (Å²) in [4.78, 5) is 10.1. The summed E-state index contributed by atoms with van der Waals surface area (Å²) in [5, 5.41) is 9.89. The molecule has 0 bridgehead atoms. The standard InChI is InChI=1S/C11H18N4O2/c1-7-3-4-15(5-8(7)16)11-9(17-2)10(12)13-6-14-11/h6-8,16H,3-5H2,1-2H3,(H2,12,13,14). The molecule has 1 saturated heterocycles. The molecule has 1 fully saturated rings. The van der Waals surface area contributed by atoms with Gasteiger partial charge in [0, 0.05) is 13.1 Å². The third-order valence-electron chi connectivity index (χ3n) is 3.23. The molecule has 94 valence electrons. The Morgan fingerprint density at radius 2 is 2.29 bits per heavy atom. The number of aliphatic hydroxyl groups is 1. The van der Waals surface area contributed by atoms with Crippen molar-refractivity contribution in [3.05, 3.63) is 6.33 Å². The van der Waals surface area contributed by atoms with Crippen molar-refractivity contribution in [3.63, 3.8) is 0 Å². The predicted octanol–water partition coefficient (Wildman–Crippen LogP) is 0.274. The smallest absolute Gasteiger partial charge is 0.204 e. The van der Waals surface area contributed by atoms with Crippen LogP contribution in [-0.2, 0) is 0 Å². The summed E-state index contributed by atoms with van der Waals surface area (Å²) < 4.78 is 5.22. The van der Waals surface area contributed by atoms with Crippen LogP contribution in [0.2, 0.25) is 0 Å². The van der Waals surface area contributed by atoms with Gasteiger partial charge in [-0.15, -0.1) is 0 Å². The van der Waals surface area contributed by atoms with Crippen LogP contribution in [0.15, 0.2) is 6.33 Å². The molecule has 6 nitrogen and oxygen atoms in total. The van der Waals surface area contributed by atoms with Crippen LogP contribution in [0, 0.1) is 5.92 Å². The van der Waals surface area contributed by atoms with Gasteiger partial charge >= 0.3 is 0 Å². The van der Waals surface area contributed by atoms with Crippen LogP contribution in [0.25, 0.3) is 0 Å². The second kappa shape index (κ2) is 4.75. The molecule has 0 radical (unpaired) electrons. The molecular weight excluding hydrogens is 220 g/mol. The molecule has 3 N–H and O–H groups in total. The van der Waals surface area contributed by atoms with Gasteiger partial charge in [-0.3, -0.25) is 0 Å². The fourth-order valence-electron chi connectivity index (χ4n) is 2.04. The van der Waals surface area contributed by atoms with E-state index in [4.69, 9.17) is 10.5 Å². The molecule has 1 aliphatic heterocycles.